The molecule has 0 spiro atoms. The molecule has 1 atom stereocenters. The third kappa shape index (κ3) is 5.23. The van der Waals surface area contributed by atoms with Crippen LogP contribution in [0.25, 0.3) is 0 Å². The highest BCUT2D eigenvalue weighted by Gasteiger charge is 2.09. The molecule has 0 aromatic carbocycles. The summed E-state index contributed by atoms with van der Waals surface area (Å²) < 4.78 is 11.1. The molecule has 0 aliphatic rings. The Labute approximate surface area is 126 Å². The Bertz CT molecular complexity index is 523. The molecule has 1 unspecified atom stereocenters. The molecule has 2 heterocycles. The van der Waals surface area contributed by atoms with Crippen molar-refractivity contribution in [1.82, 2.24) is 10.3 Å². The first-order valence-corrected chi connectivity index (χ1v) is 7.51. The fraction of sp³-hybridized carbons (Fsp3) is 0.471. The van der Waals surface area contributed by atoms with Crippen molar-refractivity contribution in [3.8, 4) is 5.88 Å². The predicted octanol–water partition coefficient (Wildman–Crippen LogP) is 3.57. The molecule has 2 aromatic heterocycles. The molecule has 4 heteroatoms. The van der Waals surface area contributed by atoms with E-state index in [1.54, 1.807) is 12.5 Å². The minimum absolute atomic E-state index is 0.134. The predicted molar refractivity (Wildman–Crippen MR) is 83.3 cm³/mol. The van der Waals surface area contributed by atoms with Gasteiger partial charge in [0.2, 0.25) is 5.88 Å². The number of furan rings is 1. The van der Waals surface area contributed by atoms with Crippen molar-refractivity contribution in [2.24, 2.45) is 0 Å². The molecule has 0 fully saturated rings. The molecular formula is C17H24N2O2. The Morgan fingerprint density at radius 2 is 2.10 bits per heavy atom. The summed E-state index contributed by atoms with van der Waals surface area (Å²) in [5.74, 6) is 1.76. The molecule has 0 bridgehead atoms. The van der Waals surface area contributed by atoms with Gasteiger partial charge in [-0.1, -0.05) is 6.07 Å². The maximum absolute atomic E-state index is 5.73. The Balaban J connectivity index is 1.81. The van der Waals surface area contributed by atoms with Crippen LogP contribution in [0.3, 0.4) is 0 Å². The molecule has 0 saturated carbocycles. The van der Waals surface area contributed by atoms with Crippen LogP contribution in [0.5, 0.6) is 5.88 Å². The first-order chi connectivity index (χ1) is 10.1. The van der Waals surface area contributed by atoms with Crippen LogP contribution >= 0.6 is 0 Å². The smallest absolute Gasteiger partial charge is 0.218 e. The van der Waals surface area contributed by atoms with E-state index >= 15 is 0 Å². The van der Waals surface area contributed by atoms with Crippen LogP contribution in [0.15, 0.2) is 41.1 Å². The average Bonchev–Trinajstić information content (AvgIpc) is 2.97. The van der Waals surface area contributed by atoms with Gasteiger partial charge in [-0.25, -0.2) is 4.98 Å². The third-order valence-corrected chi connectivity index (χ3v) is 3.24. The lowest BCUT2D eigenvalue weighted by molar-refractivity contribution is 0.229. The van der Waals surface area contributed by atoms with Gasteiger partial charge in [-0.05, 0) is 45.4 Å². The van der Waals surface area contributed by atoms with E-state index in [0.29, 0.717) is 6.04 Å². The minimum atomic E-state index is 0.134. The van der Waals surface area contributed by atoms with Crippen molar-refractivity contribution < 1.29 is 9.15 Å². The van der Waals surface area contributed by atoms with E-state index in [1.165, 1.54) is 0 Å². The highest BCUT2D eigenvalue weighted by Crippen LogP contribution is 2.16. The molecule has 21 heavy (non-hydrogen) atoms. The maximum Gasteiger partial charge on any atom is 0.218 e. The van der Waals surface area contributed by atoms with E-state index in [0.717, 1.165) is 36.6 Å². The van der Waals surface area contributed by atoms with Crippen molar-refractivity contribution in [1.29, 1.82) is 0 Å². The Morgan fingerprint density at radius 1 is 1.24 bits per heavy atom. The van der Waals surface area contributed by atoms with Gasteiger partial charge >= 0.3 is 0 Å². The standard InChI is InChI=1S/C17H24N2O2/c1-13(2)21-17-15(6-4-10-18-17)12-19-14(3)8-9-16-7-5-11-20-16/h4-7,10-11,13-14,19H,8-9,12H2,1-3H3. The summed E-state index contributed by atoms with van der Waals surface area (Å²) in [4.78, 5) is 4.31. The topological polar surface area (TPSA) is 47.3 Å². The molecule has 4 nitrogen and oxygen atoms in total. The fourth-order valence-corrected chi connectivity index (χ4v) is 2.09. The Morgan fingerprint density at radius 3 is 2.81 bits per heavy atom. The first-order valence-electron chi connectivity index (χ1n) is 7.51. The van der Waals surface area contributed by atoms with Gasteiger partial charge in [-0.15, -0.1) is 0 Å². The lowest BCUT2D eigenvalue weighted by atomic mass is 10.1. The largest absolute Gasteiger partial charge is 0.475 e. The van der Waals surface area contributed by atoms with Gasteiger partial charge in [-0.2, -0.15) is 0 Å². The number of ether oxygens (including phenoxy) is 1. The zero-order chi connectivity index (χ0) is 15.1. The number of nitrogens with one attached hydrogen (secondary N) is 1. The minimum Gasteiger partial charge on any atom is -0.475 e. The summed E-state index contributed by atoms with van der Waals surface area (Å²) in [5, 5.41) is 3.51. The number of aryl methyl sites for hydroxylation is 1. The van der Waals surface area contributed by atoms with E-state index in [1.807, 2.05) is 32.0 Å². The lowest BCUT2D eigenvalue weighted by Gasteiger charge is -2.16. The van der Waals surface area contributed by atoms with Crippen LogP contribution < -0.4 is 10.1 Å². The zero-order valence-corrected chi connectivity index (χ0v) is 13.0. The molecule has 0 saturated heterocycles. The number of nitrogens with zero attached hydrogens (tertiary/aromatic N) is 1. The molecule has 0 aliphatic carbocycles. The van der Waals surface area contributed by atoms with E-state index in [2.05, 4.69) is 23.3 Å². The van der Waals surface area contributed by atoms with Crippen LogP contribution in [-0.2, 0) is 13.0 Å². The third-order valence-electron chi connectivity index (χ3n) is 3.24. The normalized spacial score (nSPS) is 12.6. The van der Waals surface area contributed by atoms with E-state index in [-0.39, 0.29) is 6.10 Å². The second-order valence-corrected chi connectivity index (χ2v) is 5.53. The number of aromatic nitrogens is 1. The van der Waals surface area contributed by atoms with Crippen molar-refractivity contribution in [2.45, 2.75) is 52.3 Å². The molecule has 1 N–H and O–H groups in total. The number of rotatable bonds is 8. The Kier molecular flexibility index (Phi) is 5.81. The van der Waals surface area contributed by atoms with Crippen molar-refractivity contribution in [3.63, 3.8) is 0 Å². The van der Waals surface area contributed by atoms with Crippen LogP contribution in [0.2, 0.25) is 0 Å². The van der Waals surface area contributed by atoms with Gasteiger partial charge < -0.3 is 14.5 Å². The summed E-state index contributed by atoms with van der Waals surface area (Å²) in [6, 6.07) is 8.34. The first kappa shape index (κ1) is 15.6. The highest BCUT2D eigenvalue weighted by molar-refractivity contribution is 5.25. The second kappa shape index (κ2) is 7.84. The molecule has 2 aromatic rings. The van der Waals surface area contributed by atoms with Gasteiger partial charge in [0.25, 0.3) is 0 Å². The van der Waals surface area contributed by atoms with E-state index < -0.39 is 0 Å². The maximum atomic E-state index is 5.73. The highest BCUT2D eigenvalue weighted by atomic mass is 16.5. The monoisotopic (exact) mass is 288 g/mol. The lowest BCUT2D eigenvalue weighted by Crippen LogP contribution is -2.26. The number of pyridine rings is 1. The van der Waals surface area contributed by atoms with Gasteiger partial charge in [0.1, 0.15) is 5.76 Å². The molecule has 114 valence electrons. The summed E-state index contributed by atoms with van der Waals surface area (Å²) in [7, 11) is 0. The van der Waals surface area contributed by atoms with E-state index in [9.17, 15) is 0 Å². The van der Waals surface area contributed by atoms with Crippen LogP contribution in [-0.4, -0.2) is 17.1 Å². The van der Waals surface area contributed by atoms with Gasteiger partial charge in [0.15, 0.2) is 0 Å². The van der Waals surface area contributed by atoms with Gasteiger partial charge in [0.05, 0.1) is 12.4 Å². The molecule has 0 radical (unpaired) electrons. The van der Waals surface area contributed by atoms with Gasteiger partial charge in [0, 0.05) is 30.8 Å². The van der Waals surface area contributed by atoms with Crippen LogP contribution in [0.4, 0.5) is 0 Å². The van der Waals surface area contributed by atoms with Crippen molar-refractivity contribution in [3.05, 3.63) is 48.0 Å². The van der Waals surface area contributed by atoms with Gasteiger partial charge in [-0.3, -0.25) is 0 Å². The molecular weight excluding hydrogens is 264 g/mol. The summed E-state index contributed by atoms with van der Waals surface area (Å²) >= 11 is 0. The molecule has 2 rings (SSSR count). The summed E-state index contributed by atoms with van der Waals surface area (Å²) in [6.45, 7) is 6.97. The average molecular weight is 288 g/mol. The van der Waals surface area contributed by atoms with Crippen molar-refractivity contribution >= 4 is 0 Å². The van der Waals surface area contributed by atoms with Crippen LogP contribution in [0, 0.1) is 0 Å². The SMILES string of the molecule is CC(CCc1ccco1)NCc1cccnc1OC(C)C. The fourth-order valence-electron chi connectivity index (χ4n) is 2.09. The number of hydrogen-bond donors (Lipinski definition) is 1. The van der Waals surface area contributed by atoms with E-state index in [4.69, 9.17) is 9.15 Å². The Hall–Kier alpha value is -1.81. The van der Waals surface area contributed by atoms with Crippen LogP contribution in [0.1, 0.15) is 38.5 Å². The second-order valence-electron chi connectivity index (χ2n) is 5.53. The quantitative estimate of drug-likeness (QED) is 0.806. The molecule has 0 aliphatic heterocycles. The molecule has 0 amide bonds. The number of hydrogen-bond acceptors (Lipinski definition) is 4. The zero-order valence-electron chi connectivity index (χ0n) is 13.0. The summed E-state index contributed by atoms with van der Waals surface area (Å²) in [5.41, 5.74) is 1.09. The van der Waals surface area contributed by atoms with Crippen molar-refractivity contribution in [2.75, 3.05) is 0 Å². The summed E-state index contributed by atoms with van der Waals surface area (Å²) in [6.07, 6.45) is 5.60.